The predicted molar refractivity (Wildman–Crippen MR) is 128 cm³/mol. The Morgan fingerprint density at radius 1 is 1.21 bits per heavy atom. The van der Waals surface area contributed by atoms with Gasteiger partial charge < -0.3 is 5.32 Å². The Kier molecular flexibility index (Phi) is 7.33. The smallest absolute Gasteiger partial charge is 0.243 e. The number of amides is 1. The maximum Gasteiger partial charge on any atom is 0.243 e. The van der Waals surface area contributed by atoms with Gasteiger partial charge in [0.05, 0.1) is 5.01 Å². The molecule has 1 amide bonds. The fourth-order valence-corrected chi connectivity index (χ4v) is 5.25. The number of thiazole rings is 1. The van der Waals surface area contributed by atoms with Gasteiger partial charge in [0, 0.05) is 23.0 Å². The van der Waals surface area contributed by atoms with Crippen molar-refractivity contribution in [3.8, 4) is 0 Å². The number of halogens is 2. The minimum absolute atomic E-state index is 0.00294. The summed E-state index contributed by atoms with van der Waals surface area (Å²) in [5, 5.41) is 6.19. The van der Waals surface area contributed by atoms with Crippen LogP contribution < -0.4 is 5.32 Å². The van der Waals surface area contributed by atoms with Crippen LogP contribution in [0, 0.1) is 17.6 Å². The van der Waals surface area contributed by atoms with Crippen molar-refractivity contribution in [1.29, 1.82) is 0 Å². The van der Waals surface area contributed by atoms with E-state index in [1.165, 1.54) is 24.3 Å². The van der Waals surface area contributed by atoms with Gasteiger partial charge >= 0.3 is 0 Å². The van der Waals surface area contributed by atoms with E-state index in [-0.39, 0.29) is 29.5 Å². The summed E-state index contributed by atoms with van der Waals surface area (Å²) in [5.74, 6) is -0.773. The molecule has 1 aliphatic rings. The Balaban J connectivity index is 1.41. The number of aryl methyl sites for hydroxylation is 1. The number of allylic oxidation sites excluding steroid dienone is 1. The first-order valence-corrected chi connectivity index (χ1v) is 12.3. The second-order valence-corrected chi connectivity index (χ2v) is 9.57. The number of carbonyl (C=O) groups excluding carboxylic acids is 1. The van der Waals surface area contributed by atoms with E-state index in [0.717, 1.165) is 41.8 Å². The molecule has 4 rings (SSSR count). The molecule has 2 atom stereocenters. The molecule has 0 aliphatic heterocycles. The number of aromatic nitrogens is 1. The van der Waals surface area contributed by atoms with Crippen LogP contribution in [0.2, 0.25) is 0 Å². The fraction of sp³-hybridized carbons (Fsp3) is 0.333. The van der Waals surface area contributed by atoms with Crippen LogP contribution in [0.4, 0.5) is 8.78 Å². The van der Waals surface area contributed by atoms with Gasteiger partial charge in [-0.15, -0.1) is 11.3 Å². The van der Waals surface area contributed by atoms with E-state index in [1.54, 1.807) is 29.5 Å². The third kappa shape index (κ3) is 5.56. The van der Waals surface area contributed by atoms with Crippen molar-refractivity contribution in [3.63, 3.8) is 0 Å². The summed E-state index contributed by atoms with van der Waals surface area (Å²) in [6.07, 6.45) is 9.63. The summed E-state index contributed by atoms with van der Waals surface area (Å²) in [6.45, 7) is 2.07. The summed E-state index contributed by atoms with van der Waals surface area (Å²) in [4.78, 5) is 16.9. The molecule has 1 N–H and O–H groups in total. The lowest BCUT2D eigenvalue weighted by atomic mass is 9.85. The minimum atomic E-state index is -0.515. The van der Waals surface area contributed by atoms with Crippen molar-refractivity contribution < 1.29 is 13.6 Å². The Hall–Kier alpha value is -2.86. The standard InChI is InChI=1S/C27H28F2N2OS/c1-2-24(10-5-11-26-30-14-15-33-26)31-25(32)13-12-21-18-27(21,19-6-3-8-22(28)16-19)20-7-4-9-23(29)17-20/h3-4,6-9,12-17,21,24H,2,5,10-11,18H2,1H3,(H,31,32)/t21-,24-/m0/s1. The van der Waals surface area contributed by atoms with E-state index in [2.05, 4.69) is 17.2 Å². The molecule has 0 saturated heterocycles. The topological polar surface area (TPSA) is 42.0 Å². The Labute approximate surface area is 197 Å². The molecule has 33 heavy (non-hydrogen) atoms. The Morgan fingerprint density at radius 2 is 1.91 bits per heavy atom. The van der Waals surface area contributed by atoms with Gasteiger partial charge in [0.2, 0.25) is 5.91 Å². The van der Waals surface area contributed by atoms with Crippen molar-refractivity contribution in [2.75, 3.05) is 0 Å². The van der Waals surface area contributed by atoms with Crippen molar-refractivity contribution in [2.24, 2.45) is 5.92 Å². The number of rotatable bonds is 10. The van der Waals surface area contributed by atoms with Crippen LogP contribution in [0.1, 0.15) is 48.7 Å². The van der Waals surface area contributed by atoms with Gasteiger partial charge in [-0.25, -0.2) is 13.8 Å². The van der Waals surface area contributed by atoms with Crippen LogP contribution in [-0.4, -0.2) is 16.9 Å². The number of hydrogen-bond donors (Lipinski definition) is 1. The normalized spacial score (nSPS) is 17.7. The number of hydrogen-bond acceptors (Lipinski definition) is 3. The zero-order valence-electron chi connectivity index (χ0n) is 18.6. The van der Waals surface area contributed by atoms with Gasteiger partial charge in [-0.05, 0) is 79.5 Å². The van der Waals surface area contributed by atoms with Gasteiger partial charge in [-0.1, -0.05) is 37.3 Å². The number of carbonyl (C=O) groups is 1. The van der Waals surface area contributed by atoms with E-state index >= 15 is 0 Å². The fourth-order valence-electron chi connectivity index (χ4n) is 4.59. The lowest BCUT2D eigenvalue weighted by molar-refractivity contribution is -0.117. The monoisotopic (exact) mass is 466 g/mol. The third-order valence-electron chi connectivity index (χ3n) is 6.44. The average Bonchev–Trinajstić information content (AvgIpc) is 3.32. The van der Waals surface area contributed by atoms with E-state index in [9.17, 15) is 13.6 Å². The van der Waals surface area contributed by atoms with Crippen molar-refractivity contribution in [3.05, 3.63) is 100 Å². The van der Waals surface area contributed by atoms with Gasteiger partial charge in [0.25, 0.3) is 0 Å². The van der Waals surface area contributed by atoms with E-state index < -0.39 is 5.41 Å². The first-order chi connectivity index (χ1) is 16.0. The SMILES string of the molecule is CC[C@@H](CCCc1nccs1)NC(=O)C=C[C@H]1CC1(c1cccc(F)c1)c1cccc(F)c1. The molecule has 1 aromatic heterocycles. The van der Waals surface area contributed by atoms with Crippen LogP contribution in [0.3, 0.4) is 0 Å². The van der Waals surface area contributed by atoms with Gasteiger partial charge in [0.1, 0.15) is 11.6 Å². The highest BCUT2D eigenvalue weighted by Crippen LogP contribution is 2.59. The Bertz CT molecular complexity index is 1070. The van der Waals surface area contributed by atoms with Gasteiger partial charge in [0.15, 0.2) is 0 Å². The summed E-state index contributed by atoms with van der Waals surface area (Å²) >= 11 is 1.66. The summed E-state index contributed by atoms with van der Waals surface area (Å²) in [5.41, 5.74) is 1.09. The predicted octanol–water partition coefficient (Wildman–Crippen LogP) is 6.20. The molecule has 1 heterocycles. The number of nitrogens with one attached hydrogen (secondary N) is 1. The van der Waals surface area contributed by atoms with E-state index in [1.807, 2.05) is 29.8 Å². The van der Waals surface area contributed by atoms with Crippen molar-refractivity contribution in [1.82, 2.24) is 10.3 Å². The molecule has 6 heteroatoms. The molecule has 1 saturated carbocycles. The maximum absolute atomic E-state index is 14.0. The number of benzene rings is 2. The van der Waals surface area contributed by atoms with Crippen LogP contribution in [0.5, 0.6) is 0 Å². The molecule has 1 fully saturated rings. The van der Waals surface area contributed by atoms with Crippen LogP contribution in [0.25, 0.3) is 0 Å². The van der Waals surface area contributed by atoms with Crippen LogP contribution in [-0.2, 0) is 16.6 Å². The first-order valence-electron chi connectivity index (χ1n) is 11.4. The van der Waals surface area contributed by atoms with E-state index in [4.69, 9.17) is 0 Å². The molecular formula is C27H28F2N2OS. The Morgan fingerprint density at radius 3 is 2.48 bits per heavy atom. The highest BCUT2D eigenvalue weighted by Gasteiger charge is 2.55. The lowest BCUT2D eigenvalue weighted by Crippen LogP contribution is -2.33. The second-order valence-electron chi connectivity index (χ2n) is 8.59. The minimum Gasteiger partial charge on any atom is -0.350 e. The lowest BCUT2D eigenvalue weighted by Gasteiger charge is -2.19. The molecule has 2 aromatic carbocycles. The van der Waals surface area contributed by atoms with Crippen molar-refractivity contribution >= 4 is 17.2 Å². The zero-order valence-corrected chi connectivity index (χ0v) is 19.5. The average molecular weight is 467 g/mol. The zero-order chi connectivity index (χ0) is 23.3. The highest BCUT2D eigenvalue weighted by atomic mass is 32.1. The molecule has 0 spiro atoms. The molecule has 1 aliphatic carbocycles. The largest absolute Gasteiger partial charge is 0.350 e. The highest BCUT2D eigenvalue weighted by molar-refractivity contribution is 7.09. The van der Waals surface area contributed by atoms with Gasteiger partial charge in [-0.3, -0.25) is 4.79 Å². The summed E-state index contributed by atoms with van der Waals surface area (Å²) in [6, 6.07) is 13.0. The number of nitrogens with zero attached hydrogens (tertiary/aromatic N) is 1. The molecular weight excluding hydrogens is 438 g/mol. The molecule has 0 radical (unpaired) electrons. The van der Waals surface area contributed by atoms with Gasteiger partial charge in [-0.2, -0.15) is 0 Å². The third-order valence-corrected chi connectivity index (χ3v) is 7.28. The molecule has 3 nitrogen and oxygen atoms in total. The van der Waals surface area contributed by atoms with Crippen LogP contribution in [0.15, 0.2) is 72.3 Å². The first kappa shape index (κ1) is 23.3. The summed E-state index contributed by atoms with van der Waals surface area (Å²) < 4.78 is 28.0. The molecule has 0 bridgehead atoms. The second kappa shape index (κ2) is 10.4. The van der Waals surface area contributed by atoms with Crippen molar-refractivity contribution in [2.45, 2.75) is 50.5 Å². The quantitative estimate of drug-likeness (QED) is 0.362. The van der Waals surface area contributed by atoms with E-state index in [0.29, 0.717) is 6.42 Å². The maximum atomic E-state index is 14.0. The summed E-state index contributed by atoms with van der Waals surface area (Å²) in [7, 11) is 0. The van der Waals surface area contributed by atoms with Crippen LogP contribution >= 0.6 is 11.3 Å². The molecule has 0 unspecified atom stereocenters. The molecule has 3 aromatic rings. The molecule has 172 valence electrons.